The SMILES string of the molecule is COc1ccc2[nH]c(C)c(C(CCC(=O)NCCCOc3cccc(CN4CCCCC4)c3)C(=O)OC(=O)c3ccc(Cl)cc3)c2c1. The van der Waals surface area contributed by atoms with E-state index in [1.54, 1.807) is 19.2 Å². The second-order valence-electron chi connectivity index (χ2n) is 11.9. The number of piperidine rings is 1. The van der Waals surface area contributed by atoms with E-state index in [0.717, 1.165) is 42.0 Å². The van der Waals surface area contributed by atoms with Crippen molar-refractivity contribution in [2.75, 3.05) is 33.4 Å². The molecule has 248 valence electrons. The van der Waals surface area contributed by atoms with Gasteiger partial charge >= 0.3 is 11.9 Å². The quantitative estimate of drug-likeness (QED) is 0.0856. The van der Waals surface area contributed by atoms with Crippen molar-refractivity contribution >= 4 is 40.3 Å². The molecule has 0 bridgehead atoms. The number of nitrogens with zero attached hydrogens (tertiary/aromatic N) is 1. The number of hydrogen-bond acceptors (Lipinski definition) is 7. The molecule has 1 aliphatic heterocycles. The minimum absolute atomic E-state index is 0.0599. The molecule has 1 unspecified atom stereocenters. The first kappa shape index (κ1) is 34.0. The molecule has 1 saturated heterocycles. The van der Waals surface area contributed by atoms with Crippen molar-refractivity contribution in [2.24, 2.45) is 0 Å². The summed E-state index contributed by atoms with van der Waals surface area (Å²) in [6, 6.07) is 19.8. The number of benzene rings is 3. The van der Waals surface area contributed by atoms with Crippen molar-refractivity contribution < 1.29 is 28.6 Å². The number of aryl methyl sites for hydroxylation is 1. The Morgan fingerprint density at radius 3 is 2.53 bits per heavy atom. The molecule has 2 N–H and O–H groups in total. The average molecular weight is 660 g/mol. The highest BCUT2D eigenvalue weighted by Gasteiger charge is 2.30. The Labute approximate surface area is 280 Å². The van der Waals surface area contributed by atoms with Crippen LogP contribution in [0.4, 0.5) is 0 Å². The Morgan fingerprint density at radius 2 is 1.77 bits per heavy atom. The first-order chi connectivity index (χ1) is 22.8. The van der Waals surface area contributed by atoms with Gasteiger partial charge in [0.1, 0.15) is 11.5 Å². The molecule has 4 aromatic rings. The van der Waals surface area contributed by atoms with Gasteiger partial charge in [0.25, 0.3) is 0 Å². The third kappa shape index (κ3) is 9.36. The van der Waals surface area contributed by atoms with Gasteiger partial charge in [-0.25, -0.2) is 4.79 Å². The maximum atomic E-state index is 13.6. The molecular weight excluding hydrogens is 618 g/mol. The van der Waals surface area contributed by atoms with Gasteiger partial charge in [0.05, 0.1) is 25.2 Å². The van der Waals surface area contributed by atoms with Gasteiger partial charge in [-0.2, -0.15) is 0 Å². The number of esters is 2. The first-order valence-corrected chi connectivity index (χ1v) is 16.6. The summed E-state index contributed by atoms with van der Waals surface area (Å²) in [7, 11) is 1.57. The molecule has 47 heavy (non-hydrogen) atoms. The standard InChI is InChI=1S/C37H42ClN3O6/c1-25-35(32-23-29(45-2)14-16-33(32)40-25)31(37(44)47-36(43)27-10-12-28(38)13-11-27)15-17-34(42)39-18-7-21-46-30-9-6-8-26(22-30)24-41-19-4-3-5-20-41/h6,8-14,16,22-23,31,40H,3-5,7,15,17-21,24H2,1-2H3,(H,39,42). The lowest BCUT2D eigenvalue weighted by Gasteiger charge is -2.26. The number of H-pyrrole nitrogens is 1. The van der Waals surface area contributed by atoms with Crippen LogP contribution in [0.25, 0.3) is 10.9 Å². The topological polar surface area (TPSA) is 110 Å². The largest absolute Gasteiger partial charge is 0.497 e. The molecular formula is C37H42ClN3O6. The van der Waals surface area contributed by atoms with Gasteiger partial charge in [-0.15, -0.1) is 0 Å². The summed E-state index contributed by atoms with van der Waals surface area (Å²) >= 11 is 5.95. The van der Waals surface area contributed by atoms with Gasteiger partial charge < -0.3 is 24.5 Å². The van der Waals surface area contributed by atoms with E-state index in [1.807, 2.05) is 37.3 Å². The van der Waals surface area contributed by atoms with E-state index in [1.165, 1.54) is 37.0 Å². The van der Waals surface area contributed by atoms with Crippen LogP contribution in [0.5, 0.6) is 11.5 Å². The van der Waals surface area contributed by atoms with Crippen LogP contribution in [0.3, 0.4) is 0 Å². The molecule has 0 spiro atoms. The van der Waals surface area contributed by atoms with Crippen molar-refractivity contribution in [1.82, 2.24) is 15.2 Å². The zero-order valence-electron chi connectivity index (χ0n) is 27.0. The zero-order chi connectivity index (χ0) is 33.2. The highest BCUT2D eigenvalue weighted by molar-refractivity contribution is 6.30. The highest BCUT2D eigenvalue weighted by Crippen LogP contribution is 2.35. The molecule has 5 rings (SSSR count). The summed E-state index contributed by atoms with van der Waals surface area (Å²) in [6.07, 6.45) is 4.66. The number of amides is 1. The van der Waals surface area contributed by atoms with E-state index in [4.69, 9.17) is 25.8 Å². The Bertz CT molecular complexity index is 1680. The lowest BCUT2D eigenvalue weighted by atomic mass is 9.91. The number of aromatic nitrogens is 1. The number of hydrogen-bond donors (Lipinski definition) is 2. The molecule has 1 atom stereocenters. The van der Waals surface area contributed by atoms with Crippen LogP contribution in [-0.2, 0) is 20.9 Å². The number of likely N-dealkylation sites (tertiary alicyclic amines) is 1. The predicted molar refractivity (Wildman–Crippen MR) is 182 cm³/mol. The minimum atomic E-state index is -0.876. The number of aromatic amines is 1. The van der Waals surface area contributed by atoms with E-state index in [-0.39, 0.29) is 24.3 Å². The van der Waals surface area contributed by atoms with Crippen LogP contribution in [-0.4, -0.2) is 61.1 Å². The number of ether oxygens (including phenoxy) is 3. The van der Waals surface area contributed by atoms with Crippen LogP contribution in [0.1, 0.15) is 71.6 Å². The fraction of sp³-hybridized carbons (Fsp3) is 0.378. The summed E-state index contributed by atoms with van der Waals surface area (Å²) < 4.78 is 16.7. The summed E-state index contributed by atoms with van der Waals surface area (Å²) in [4.78, 5) is 45.1. The Balaban J connectivity index is 1.17. The fourth-order valence-electron chi connectivity index (χ4n) is 6.05. The van der Waals surface area contributed by atoms with Crippen molar-refractivity contribution in [3.8, 4) is 11.5 Å². The highest BCUT2D eigenvalue weighted by atomic mass is 35.5. The van der Waals surface area contributed by atoms with Crippen LogP contribution in [0.15, 0.2) is 66.7 Å². The molecule has 2 heterocycles. The molecule has 10 heteroatoms. The second-order valence-corrected chi connectivity index (χ2v) is 12.4. The fourth-order valence-corrected chi connectivity index (χ4v) is 6.18. The van der Waals surface area contributed by atoms with E-state index in [0.29, 0.717) is 35.9 Å². The zero-order valence-corrected chi connectivity index (χ0v) is 27.7. The first-order valence-electron chi connectivity index (χ1n) is 16.2. The molecule has 1 aliphatic rings. The number of halogens is 1. The molecule has 3 aromatic carbocycles. The van der Waals surface area contributed by atoms with E-state index in [2.05, 4.69) is 27.3 Å². The van der Waals surface area contributed by atoms with E-state index in [9.17, 15) is 14.4 Å². The van der Waals surface area contributed by atoms with Crippen LogP contribution in [0, 0.1) is 6.92 Å². The third-order valence-electron chi connectivity index (χ3n) is 8.47. The molecule has 1 amide bonds. The maximum absolute atomic E-state index is 13.6. The van der Waals surface area contributed by atoms with Crippen molar-refractivity contribution in [2.45, 2.75) is 57.9 Å². The van der Waals surface area contributed by atoms with Gasteiger partial charge in [0, 0.05) is 41.1 Å². The molecule has 0 aliphatic carbocycles. The van der Waals surface area contributed by atoms with E-state index >= 15 is 0 Å². The maximum Gasteiger partial charge on any atom is 0.345 e. The Morgan fingerprint density at radius 1 is 0.979 bits per heavy atom. The van der Waals surface area contributed by atoms with E-state index < -0.39 is 17.9 Å². The van der Waals surface area contributed by atoms with Gasteiger partial charge in [-0.3, -0.25) is 14.5 Å². The third-order valence-corrected chi connectivity index (χ3v) is 8.73. The van der Waals surface area contributed by atoms with Crippen molar-refractivity contribution in [1.29, 1.82) is 0 Å². The summed E-state index contributed by atoms with van der Waals surface area (Å²) in [5, 5.41) is 4.16. The van der Waals surface area contributed by atoms with Crippen molar-refractivity contribution in [3.63, 3.8) is 0 Å². The van der Waals surface area contributed by atoms with Crippen LogP contribution < -0.4 is 14.8 Å². The monoisotopic (exact) mass is 659 g/mol. The Hall–Kier alpha value is -4.34. The summed E-state index contributed by atoms with van der Waals surface area (Å²) in [6.45, 7) is 5.97. The summed E-state index contributed by atoms with van der Waals surface area (Å²) in [5.41, 5.74) is 3.65. The predicted octanol–water partition coefficient (Wildman–Crippen LogP) is 6.96. The molecule has 0 saturated carbocycles. The number of rotatable bonds is 14. The van der Waals surface area contributed by atoms with Gasteiger partial charge in [-0.05, 0) is 111 Å². The molecule has 1 aromatic heterocycles. The molecule has 1 fully saturated rings. The number of carbonyl (C=O) groups is 3. The van der Waals surface area contributed by atoms with Gasteiger partial charge in [0.15, 0.2) is 0 Å². The number of carbonyl (C=O) groups excluding carboxylic acids is 3. The van der Waals surface area contributed by atoms with Crippen LogP contribution >= 0.6 is 11.6 Å². The van der Waals surface area contributed by atoms with Gasteiger partial charge in [0.2, 0.25) is 5.91 Å². The Kier molecular flexibility index (Phi) is 11.9. The number of fused-ring (bicyclic) bond motifs is 1. The smallest absolute Gasteiger partial charge is 0.345 e. The second kappa shape index (κ2) is 16.5. The lowest BCUT2D eigenvalue weighted by Crippen LogP contribution is -2.29. The van der Waals surface area contributed by atoms with Gasteiger partial charge in [-0.1, -0.05) is 30.2 Å². The average Bonchev–Trinajstić information content (AvgIpc) is 3.40. The minimum Gasteiger partial charge on any atom is -0.497 e. The number of nitrogens with one attached hydrogen (secondary N) is 2. The molecule has 9 nitrogen and oxygen atoms in total. The lowest BCUT2D eigenvalue weighted by molar-refractivity contribution is -0.140. The van der Waals surface area contributed by atoms with Crippen molar-refractivity contribution in [3.05, 3.63) is 94.1 Å². The number of methoxy groups -OCH3 is 1. The molecule has 0 radical (unpaired) electrons. The van der Waals surface area contributed by atoms with Crippen LogP contribution in [0.2, 0.25) is 5.02 Å². The summed E-state index contributed by atoms with van der Waals surface area (Å²) in [5.74, 6) is -1.15. The normalized spacial score (nSPS) is 14.0.